The number of hydrogen-bond donors (Lipinski definition) is 2. The van der Waals surface area contributed by atoms with Crippen molar-refractivity contribution in [2.75, 3.05) is 23.8 Å². The van der Waals surface area contributed by atoms with E-state index < -0.39 is 10.0 Å². The van der Waals surface area contributed by atoms with E-state index in [1.54, 1.807) is 36.4 Å². The maximum absolute atomic E-state index is 13.3. The van der Waals surface area contributed by atoms with E-state index in [9.17, 15) is 13.2 Å². The molecule has 0 aromatic heterocycles. The molecule has 0 spiro atoms. The number of fused-ring (bicyclic) bond motifs is 3. The van der Waals surface area contributed by atoms with Gasteiger partial charge < -0.3 is 14.8 Å². The normalized spacial score (nSPS) is 20.7. The molecule has 0 amide bonds. The van der Waals surface area contributed by atoms with Gasteiger partial charge in [-0.25, -0.2) is 13.2 Å². The summed E-state index contributed by atoms with van der Waals surface area (Å²) in [6, 6.07) is 15.9. The summed E-state index contributed by atoms with van der Waals surface area (Å²) in [4.78, 5) is 11.8. The molecule has 1 fully saturated rings. The molecule has 0 saturated carbocycles. The van der Waals surface area contributed by atoms with Crippen molar-refractivity contribution in [3.63, 3.8) is 0 Å². The molecule has 2 aliphatic rings. The molecule has 2 aliphatic heterocycles. The molecule has 188 valence electrons. The number of halogens is 1. The van der Waals surface area contributed by atoms with Gasteiger partial charge in [0.25, 0.3) is 10.0 Å². The summed E-state index contributed by atoms with van der Waals surface area (Å²) in [6.45, 7) is 4.47. The highest BCUT2D eigenvalue weighted by molar-refractivity contribution is 7.92. The lowest BCUT2D eigenvalue weighted by Gasteiger charge is -2.37. The van der Waals surface area contributed by atoms with Gasteiger partial charge in [-0.05, 0) is 73.4 Å². The van der Waals surface area contributed by atoms with E-state index >= 15 is 0 Å². The summed E-state index contributed by atoms with van der Waals surface area (Å²) in [5.74, 6) is -0.300. The summed E-state index contributed by atoms with van der Waals surface area (Å²) in [5.41, 5.74) is 5.53. The van der Waals surface area contributed by atoms with Crippen molar-refractivity contribution in [2.45, 2.75) is 37.3 Å². The molecule has 0 bridgehead atoms. The molecule has 0 radical (unpaired) electrons. The Morgan fingerprint density at radius 2 is 1.83 bits per heavy atom. The molecule has 36 heavy (non-hydrogen) atoms. The van der Waals surface area contributed by atoms with Gasteiger partial charge in [-0.2, -0.15) is 0 Å². The Labute approximate surface area is 215 Å². The van der Waals surface area contributed by atoms with Gasteiger partial charge in [-0.15, -0.1) is 0 Å². The second kappa shape index (κ2) is 9.42. The van der Waals surface area contributed by atoms with Crippen molar-refractivity contribution in [3.05, 3.63) is 87.4 Å². The third kappa shape index (κ3) is 4.45. The van der Waals surface area contributed by atoms with Gasteiger partial charge in [-0.3, -0.25) is 4.72 Å². The topological polar surface area (TPSA) is 93.7 Å². The molecule has 1 saturated heterocycles. The average molecular weight is 527 g/mol. The van der Waals surface area contributed by atoms with Crippen LogP contribution in [0.3, 0.4) is 0 Å². The number of sulfonamides is 1. The van der Waals surface area contributed by atoms with E-state index in [1.165, 1.54) is 7.11 Å². The second-order valence-electron chi connectivity index (χ2n) is 9.25. The number of esters is 1. The van der Waals surface area contributed by atoms with Crippen LogP contribution < -0.4 is 10.0 Å². The smallest absolute Gasteiger partial charge is 0.337 e. The maximum atomic E-state index is 13.3. The number of ether oxygens (including phenoxy) is 2. The van der Waals surface area contributed by atoms with E-state index in [0.717, 1.165) is 34.4 Å². The molecular weight excluding hydrogens is 500 g/mol. The molecule has 3 aromatic rings. The monoisotopic (exact) mass is 526 g/mol. The fourth-order valence-corrected chi connectivity index (χ4v) is 6.58. The first-order chi connectivity index (χ1) is 17.2. The Kier molecular flexibility index (Phi) is 6.44. The van der Waals surface area contributed by atoms with Crippen molar-refractivity contribution in [3.8, 4) is 0 Å². The Bertz CT molecular complexity index is 1440. The third-order valence-electron chi connectivity index (χ3n) is 7.03. The lowest BCUT2D eigenvalue weighted by Crippen LogP contribution is -2.29. The van der Waals surface area contributed by atoms with Crippen LogP contribution in [0.1, 0.15) is 51.2 Å². The number of carbonyl (C=O) groups excluding carboxylic acids is 1. The Hall–Kier alpha value is -3.07. The summed E-state index contributed by atoms with van der Waals surface area (Å²) in [7, 11) is -2.57. The summed E-state index contributed by atoms with van der Waals surface area (Å²) in [5, 5.41) is 3.65. The molecule has 3 aromatic carbocycles. The lowest BCUT2D eigenvalue weighted by molar-refractivity contribution is 0.0600. The van der Waals surface area contributed by atoms with Crippen molar-refractivity contribution in [1.82, 2.24) is 0 Å². The highest BCUT2D eigenvalue weighted by Gasteiger charge is 2.42. The standard InChI is InChI=1S/C27H27ClN2O5S/c1-15-4-9-19(12-16(15)2)30-36(32,33)24-13-21-23(14-22(24)28)29-25(20-10-11-35-26(20)21)17-5-7-18(8-6-17)27(31)34-3/h4-9,12-14,20,25-26,29-30H,10-11H2,1-3H3/t20-,25-,26-/m0/s1. The number of nitrogens with one attached hydrogen (secondary N) is 2. The highest BCUT2D eigenvalue weighted by Crippen LogP contribution is 2.51. The average Bonchev–Trinajstić information content (AvgIpc) is 3.35. The Morgan fingerprint density at radius 1 is 1.08 bits per heavy atom. The van der Waals surface area contributed by atoms with Crippen LogP contribution in [-0.4, -0.2) is 28.1 Å². The number of anilines is 2. The first kappa shape index (κ1) is 24.6. The second-order valence-corrected chi connectivity index (χ2v) is 11.3. The minimum atomic E-state index is -3.93. The van der Waals surface area contributed by atoms with Gasteiger partial charge in [0.1, 0.15) is 4.90 Å². The largest absolute Gasteiger partial charge is 0.465 e. The van der Waals surface area contributed by atoms with Crippen LogP contribution in [0.25, 0.3) is 0 Å². The van der Waals surface area contributed by atoms with Crippen LogP contribution >= 0.6 is 11.6 Å². The van der Waals surface area contributed by atoms with E-state index in [4.69, 9.17) is 21.1 Å². The van der Waals surface area contributed by atoms with Gasteiger partial charge in [-0.1, -0.05) is 29.8 Å². The zero-order chi connectivity index (χ0) is 25.6. The van der Waals surface area contributed by atoms with Crippen LogP contribution in [0.5, 0.6) is 0 Å². The van der Waals surface area contributed by atoms with Crippen LogP contribution in [0, 0.1) is 19.8 Å². The Balaban J connectivity index is 1.48. The quantitative estimate of drug-likeness (QED) is 0.409. The van der Waals surface area contributed by atoms with Crippen LogP contribution in [0.15, 0.2) is 59.5 Å². The fraction of sp³-hybridized carbons (Fsp3) is 0.296. The third-order valence-corrected chi connectivity index (χ3v) is 8.87. The molecule has 2 heterocycles. The number of aryl methyl sites for hydroxylation is 2. The molecule has 0 unspecified atom stereocenters. The van der Waals surface area contributed by atoms with Crippen molar-refractivity contribution in [1.29, 1.82) is 0 Å². The van der Waals surface area contributed by atoms with Crippen LogP contribution in [0.2, 0.25) is 5.02 Å². The highest BCUT2D eigenvalue weighted by atomic mass is 35.5. The molecule has 0 aliphatic carbocycles. The predicted octanol–water partition coefficient (Wildman–Crippen LogP) is 5.79. The minimum Gasteiger partial charge on any atom is -0.465 e. The lowest BCUT2D eigenvalue weighted by atomic mass is 9.81. The Morgan fingerprint density at radius 3 is 2.53 bits per heavy atom. The first-order valence-corrected chi connectivity index (χ1v) is 13.5. The summed E-state index contributed by atoms with van der Waals surface area (Å²) >= 11 is 6.53. The van der Waals surface area contributed by atoms with Crippen molar-refractivity contribution < 1.29 is 22.7 Å². The van der Waals surface area contributed by atoms with E-state index in [1.807, 2.05) is 32.0 Å². The van der Waals surface area contributed by atoms with Crippen LogP contribution in [-0.2, 0) is 19.5 Å². The van der Waals surface area contributed by atoms with Gasteiger partial charge in [0, 0.05) is 29.5 Å². The maximum Gasteiger partial charge on any atom is 0.337 e. The zero-order valence-corrected chi connectivity index (χ0v) is 21.7. The molecule has 7 nitrogen and oxygen atoms in total. The summed E-state index contributed by atoms with van der Waals surface area (Å²) < 4.78 is 40.1. The zero-order valence-electron chi connectivity index (χ0n) is 20.2. The van der Waals surface area contributed by atoms with E-state index in [-0.39, 0.29) is 34.0 Å². The molecular formula is C27H27ClN2O5S. The van der Waals surface area contributed by atoms with Gasteiger partial charge >= 0.3 is 5.97 Å². The van der Waals surface area contributed by atoms with Crippen LogP contribution in [0.4, 0.5) is 11.4 Å². The fourth-order valence-electron chi connectivity index (χ4n) is 4.97. The molecule has 3 atom stereocenters. The minimum absolute atomic E-state index is 0.0121. The first-order valence-electron chi connectivity index (χ1n) is 11.7. The van der Waals surface area contributed by atoms with Crippen molar-refractivity contribution >= 4 is 39.0 Å². The van der Waals surface area contributed by atoms with Gasteiger partial charge in [0.05, 0.1) is 29.8 Å². The van der Waals surface area contributed by atoms with E-state index in [2.05, 4.69) is 10.0 Å². The van der Waals surface area contributed by atoms with Gasteiger partial charge in [0.2, 0.25) is 0 Å². The molecule has 5 rings (SSSR count). The molecule has 9 heteroatoms. The number of benzene rings is 3. The van der Waals surface area contributed by atoms with Gasteiger partial charge in [0.15, 0.2) is 0 Å². The summed E-state index contributed by atoms with van der Waals surface area (Å²) in [6.07, 6.45) is 0.533. The molecule has 2 N–H and O–H groups in total. The van der Waals surface area contributed by atoms with E-state index in [0.29, 0.717) is 17.9 Å². The predicted molar refractivity (Wildman–Crippen MR) is 139 cm³/mol. The SMILES string of the molecule is COC(=O)c1ccc([C@@H]2Nc3cc(Cl)c(S(=O)(=O)Nc4ccc(C)c(C)c4)cc3[C@H]3OCC[C@H]32)cc1. The number of rotatable bonds is 5. The van der Waals surface area contributed by atoms with Crippen molar-refractivity contribution in [2.24, 2.45) is 5.92 Å². The number of carbonyl (C=O) groups is 1. The number of methoxy groups -OCH3 is 1. The number of hydrogen-bond acceptors (Lipinski definition) is 6.